The zero-order valence-corrected chi connectivity index (χ0v) is 10.4. The van der Waals surface area contributed by atoms with Crippen LogP contribution in [-0.2, 0) is 9.47 Å². The van der Waals surface area contributed by atoms with Crippen LogP contribution in [0.5, 0.6) is 0 Å². The number of carbonyl (C=O) groups excluding carboxylic acids is 1. The Bertz CT molecular complexity index is 363. The lowest BCUT2D eigenvalue weighted by Crippen LogP contribution is -2.26. The first kappa shape index (κ1) is 14.3. The molecule has 0 radical (unpaired) electrons. The van der Waals surface area contributed by atoms with E-state index in [2.05, 4.69) is 20.3 Å². The first-order chi connectivity index (χ1) is 8.71. The zero-order valence-electron chi connectivity index (χ0n) is 10.4. The van der Waals surface area contributed by atoms with E-state index in [4.69, 9.17) is 9.84 Å². The summed E-state index contributed by atoms with van der Waals surface area (Å²) in [5.74, 6) is -0.0176. The van der Waals surface area contributed by atoms with Gasteiger partial charge in [0.05, 0.1) is 19.8 Å². The van der Waals surface area contributed by atoms with Gasteiger partial charge in [-0.05, 0) is 18.6 Å². The predicted molar refractivity (Wildman–Crippen MR) is 64.4 cm³/mol. The molecule has 0 spiro atoms. The lowest BCUT2D eigenvalue weighted by atomic mass is 10.2. The fraction of sp³-hybridized carbons (Fsp3) is 0.545. The van der Waals surface area contributed by atoms with E-state index in [0.717, 1.165) is 0 Å². The normalized spacial score (nSPS) is 11.9. The molecular weight excluding hydrogens is 238 g/mol. The minimum atomic E-state index is -0.530. The molecule has 7 nitrogen and oxygen atoms in total. The summed E-state index contributed by atoms with van der Waals surface area (Å²) in [6, 6.07) is 3.08. The Hall–Kier alpha value is -1.73. The fourth-order valence-electron chi connectivity index (χ4n) is 1.39. The molecule has 0 amide bonds. The Labute approximate surface area is 105 Å². The summed E-state index contributed by atoms with van der Waals surface area (Å²) >= 11 is 0. The third-order valence-electron chi connectivity index (χ3n) is 2.26. The highest BCUT2D eigenvalue weighted by molar-refractivity contribution is 5.86. The van der Waals surface area contributed by atoms with Crippen molar-refractivity contribution in [2.75, 3.05) is 32.8 Å². The molecule has 0 saturated carbocycles. The zero-order chi connectivity index (χ0) is 13.4. The van der Waals surface area contributed by atoms with E-state index in [0.29, 0.717) is 18.8 Å². The molecule has 1 rings (SSSR count). The minimum Gasteiger partial charge on any atom is -0.464 e. The van der Waals surface area contributed by atoms with Crippen molar-refractivity contribution in [2.45, 2.75) is 12.5 Å². The summed E-state index contributed by atoms with van der Waals surface area (Å²) in [4.78, 5) is 11.2. The first-order valence-electron chi connectivity index (χ1n) is 5.49. The van der Waals surface area contributed by atoms with E-state index in [-0.39, 0.29) is 18.3 Å². The molecule has 1 heterocycles. The monoisotopic (exact) mass is 255 g/mol. The van der Waals surface area contributed by atoms with Gasteiger partial charge in [-0.2, -0.15) is 0 Å². The second-order valence-electron chi connectivity index (χ2n) is 3.60. The number of esters is 1. The van der Waals surface area contributed by atoms with Crippen LogP contribution in [0.1, 0.15) is 16.9 Å². The van der Waals surface area contributed by atoms with Crippen LogP contribution in [-0.4, -0.2) is 54.7 Å². The van der Waals surface area contributed by atoms with Gasteiger partial charge in [0, 0.05) is 13.7 Å². The molecule has 0 fully saturated rings. The van der Waals surface area contributed by atoms with Gasteiger partial charge in [0.15, 0.2) is 5.69 Å². The number of rotatable bonds is 7. The molecule has 2 N–H and O–H groups in total. The van der Waals surface area contributed by atoms with Gasteiger partial charge in [-0.1, -0.05) is 0 Å². The summed E-state index contributed by atoms with van der Waals surface area (Å²) < 4.78 is 9.53. The van der Waals surface area contributed by atoms with E-state index >= 15 is 0 Å². The number of nitrogens with one attached hydrogen (secondary N) is 1. The topological polar surface area (TPSA) is 93.6 Å². The van der Waals surface area contributed by atoms with E-state index in [1.165, 1.54) is 13.2 Å². The van der Waals surface area contributed by atoms with Crippen molar-refractivity contribution in [1.82, 2.24) is 10.2 Å². The number of anilines is 1. The molecule has 1 unspecified atom stereocenters. The van der Waals surface area contributed by atoms with E-state index in [1.807, 2.05) is 0 Å². The van der Waals surface area contributed by atoms with Crippen LogP contribution in [0.15, 0.2) is 12.1 Å². The molecular formula is C11H17N3O4. The van der Waals surface area contributed by atoms with Crippen LogP contribution in [0, 0.1) is 0 Å². The van der Waals surface area contributed by atoms with Gasteiger partial charge < -0.3 is 19.9 Å². The number of carbonyl (C=O) groups is 1. The quantitative estimate of drug-likeness (QED) is 0.666. The van der Waals surface area contributed by atoms with Crippen molar-refractivity contribution < 1.29 is 19.4 Å². The van der Waals surface area contributed by atoms with Crippen molar-refractivity contribution in [1.29, 1.82) is 0 Å². The van der Waals surface area contributed by atoms with Crippen molar-refractivity contribution in [3.05, 3.63) is 17.8 Å². The van der Waals surface area contributed by atoms with Crippen molar-refractivity contribution >= 4 is 11.8 Å². The van der Waals surface area contributed by atoms with Crippen LogP contribution >= 0.6 is 0 Å². The summed E-state index contributed by atoms with van der Waals surface area (Å²) in [5.41, 5.74) is 0.147. The van der Waals surface area contributed by atoms with Crippen LogP contribution in [0.25, 0.3) is 0 Å². The maximum atomic E-state index is 11.2. The Morgan fingerprint density at radius 2 is 2.22 bits per heavy atom. The van der Waals surface area contributed by atoms with Gasteiger partial charge >= 0.3 is 5.97 Å². The second-order valence-corrected chi connectivity index (χ2v) is 3.60. The number of aliphatic hydroxyl groups is 1. The van der Waals surface area contributed by atoms with Crippen molar-refractivity contribution in [3.8, 4) is 0 Å². The largest absolute Gasteiger partial charge is 0.464 e. The van der Waals surface area contributed by atoms with Gasteiger partial charge in [0.1, 0.15) is 5.82 Å². The van der Waals surface area contributed by atoms with Gasteiger partial charge in [-0.15, -0.1) is 10.2 Å². The van der Waals surface area contributed by atoms with Crippen molar-refractivity contribution in [3.63, 3.8) is 0 Å². The fourth-order valence-corrected chi connectivity index (χ4v) is 1.39. The third kappa shape index (κ3) is 4.27. The molecule has 0 aliphatic carbocycles. The number of aromatic nitrogens is 2. The molecule has 100 valence electrons. The number of methoxy groups -OCH3 is 2. The molecule has 7 heteroatoms. The molecule has 0 bridgehead atoms. The van der Waals surface area contributed by atoms with Crippen LogP contribution in [0.3, 0.4) is 0 Å². The Morgan fingerprint density at radius 3 is 2.72 bits per heavy atom. The van der Waals surface area contributed by atoms with E-state index < -0.39 is 5.97 Å². The van der Waals surface area contributed by atoms with E-state index in [9.17, 15) is 4.79 Å². The SMILES string of the molecule is COCC(CCO)Nc1ccc(C(=O)OC)nn1. The third-order valence-corrected chi connectivity index (χ3v) is 2.26. The molecule has 0 aliphatic heterocycles. The Balaban J connectivity index is 2.63. The average molecular weight is 255 g/mol. The lowest BCUT2D eigenvalue weighted by molar-refractivity contribution is 0.0592. The molecule has 18 heavy (non-hydrogen) atoms. The lowest BCUT2D eigenvalue weighted by Gasteiger charge is -2.16. The highest BCUT2D eigenvalue weighted by Crippen LogP contribution is 2.07. The highest BCUT2D eigenvalue weighted by Gasteiger charge is 2.11. The number of aliphatic hydroxyl groups excluding tert-OH is 1. The van der Waals surface area contributed by atoms with Crippen LogP contribution in [0.4, 0.5) is 5.82 Å². The van der Waals surface area contributed by atoms with E-state index in [1.54, 1.807) is 13.2 Å². The molecule has 0 aromatic carbocycles. The Kier molecular flexibility index (Phi) is 6.03. The summed E-state index contributed by atoms with van der Waals surface area (Å²) in [6.45, 7) is 0.496. The average Bonchev–Trinajstić information content (AvgIpc) is 2.39. The number of hydrogen-bond donors (Lipinski definition) is 2. The minimum absolute atomic E-state index is 0.0503. The molecule has 1 aromatic rings. The standard InChI is InChI=1S/C11H17N3O4/c1-17-7-8(5-6-15)12-10-4-3-9(13-14-10)11(16)18-2/h3-4,8,15H,5-7H2,1-2H3,(H,12,14). The van der Waals surface area contributed by atoms with Gasteiger partial charge in [-0.3, -0.25) is 0 Å². The maximum Gasteiger partial charge on any atom is 0.358 e. The predicted octanol–water partition coefficient (Wildman–Crippen LogP) is 0.0725. The van der Waals surface area contributed by atoms with Crippen LogP contribution < -0.4 is 5.32 Å². The molecule has 0 aliphatic rings. The molecule has 1 aromatic heterocycles. The molecule has 1 atom stereocenters. The molecule has 0 saturated heterocycles. The van der Waals surface area contributed by atoms with Gasteiger partial charge in [0.25, 0.3) is 0 Å². The highest BCUT2D eigenvalue weighted by atomic mass is 16.5. The van der Waals surface area contributed by atoms with Crippen molar-refractivity contribution in [2.24, 2.45) is 0 Å². The Morgan fingerprint density at radius 1 is 1.44 bits per heavy atom. The summed E-state index contributed by atoms with van der Waals surface area (Å²) in [7, 11) is 2.87. The summed E-state index contributed by atoms with van der Waals surface area (Å²) in [5, 5.41) is 19.5. The number of nitrogens with zero attached hydrogens (tertiary/aromatic N) is 2. The number of hydrogen-bond acceptors (Lipinski definition) is 7. The van der Waals surface area contributed by atoms with Gasteiger partial charge in [-0.25, -0.2) is 4.79 Å². The smallest absolute Gasteiger partial charge is 0.358 e. The second kappa shape index (κ2) is 7.57. The first-order valence-corrected chi connectivity index (χ1v) is 5.49. The number of ether oxygens (including phenoxy) is 2. The van der Waals surface area contributed by atoms with Crippen LogP contribution in [0.2, 0.25) is 0 Å². The summed E-state index contributed by atoms with van der Waals surface area (Å²) in [6.07, 6.45) is 0.536. The maximum absolute atomic E-state index is 11.2. The van der Waals surface area contributed by atoms with Gasteiger partial charge in [0.2, 0.25) is 0 Å².